The predicted molar refractivity (Wildman–Crippen MR) is 163 cm³/mol. The first kappa shape index (κ1) is 29.7. The van der Waals surface area contributed by atoms with Crippen LogP contribution in [-0.2, 0) is 5.54 Å². The minimum atomic E-state index is -0.956. The maximum atomic E-state index is 13.8. The fraction of sp³-hybridized carbons (Fsp3) is 0.294. The average molecular weight is 583 g/mol. The third-order valence-electron chi connectivity index (χ3n) is 7.91. The summed E-state index contributed by atoms with van der Waals surface area (Å²) >= 11 is 0. The van der Waals surface area contributed by atoms with E-state index in [9.17, 15) is 23.9 Å². The van der Waals surface area contributed by atoms with Crippen molar-refractivity contribution in [2.75, 3.05) is 18.4 Å². The quantitative estimate of drug-likeness (QED) is 0.263. The second kappa shape index (κ2) is 11.8. The highest BCUT2D eigenvalue weighted by Gasteiger charge is 2.29. The summed E-state index contributed by atoms with van der Waals surface area (Å²) < 4.78 is 15.5. The monoisotopic (exact) mass is 582 g/mol. The molecule has 1 fully saturated rings. The van der Waals surface area contributed by atoms with Gasteiger partial charge in [-0.1, -0.05) is 24.3 Å². The zero-order valence-electron chi connectivity index (χ0n) is 24.7. The lowest BCUT2D eigenvalue weighted by Crippen LogP contribution is -2.38. The standard InChI is InChI=1S/C34H35FN4O4/c1-21-6-5-7-28(29(21)32(41)38-18-16-23(17-19-38)22-8-10-25(11-9-22)33(42)43)37-31(40)27-20-36-39(34(2,3)4)30(27)24-12-14-26(35)15-13-24/h5-15,20,23H,16-19H2,1-4H3,(H,37,40)(H,42,43). The van der Waals surface area contributed by atoms with Gasteiger partial charge in [0.05, 0.1) is 39.8 Å². The molecule has 1 aliphatic rings. The molecule has 0 atom stereocenters. The summed E-state index contributed by atoms with van der Waals surface area (Å²) in [5.41, 5.74) is 3.99. The van der Waals surface area contributed by atoms with E-state index in [4.69, 9.17) is 0 Å². The van der Waals surface area contributed by atoms with Gasteiger partial charge in [-0.05, 0) is 100 Å². The number of rotatable bonds is 6. The first-order chi connectivity index (χ1) is 20.4. The summed E-state index contributed by atoms with van der Waals surface area (Å²) in [6, 6.07) is 18.2. The smallest absolute Gasteiger partial charge is 0.335 e. The number of likely N-dealkylation sites (tertiary alicyclic amines) is 1. The fourth-order valence-electron chi connectivity index (χ4n) is 5.63. The molecule has 1 saturated heterocycles. The molecule has 0 unspecified atom stereocenters. The van der Waals surface area contributed by atoms with E-state index in [-0.39, 0.29) is 23.2 Å². The fourth-order valence-corrected chi connectivity index (χ4v) is 5.63. The molecular formula is C34H35FN4O4. The van der Waals surface area contributed by atoms with E-state index in [1.54, 1.807) is 41.1 Å². The van der Waals surface area contributed by atoms with Crippen LogP contribution in [0.4, 0.5) is 10.1 Å². The zero-order valence-corrected chi connectivity index (χ0v) is 24.7. The van der Waals surface area contributed by atoms with E-state index in [0.717, 1.165) is 24.0 Å². The van der Waals surface area contributed by atoms with Crippen molar-refractivity contribution in [3.8, 4) is 11.3 Å². The molecule has 2 amide bonds. The van der Waals surface area contributed by atoms with Gasteiger partial charge in [0.15, 0.2) is 0 Å². The Hall–Kier alpha value is -4.79. The van der Waals surface area contributed by atoms with Crippen molar-refractivity contribution in [2.24, 2.45) is 0 Å². The minimum Gasteiger partial charge on any atom is -0.478 e. The van der Waals surface area contributed by atoms with E-state index in [1.165, 1.54) is 18.3 Å². The number of nitrogens with zero attached hydrogens (tertiary/aromatic N) is 3. The Morgan fingerprint density at radius 3 is 2.21 bits per heavy atom. The first-order valence-electron chi connectivity index (χ1n) is 14.3. The van der Waals surface area contributed by atoms with Crippen LogP contribution in [0.2, 0.25) is 0 Å². The minimum absolute atomic E-state index is 0.155. The van der Waals surface area contributed by atoms with E-state index in [1.807, 2.05) is 50.8 Å². The number of carbonyl (C=O) groups is 3. The third-order valence-corrected chi connectivity index (χ3v) is 7.91. The number of carbonyl (C=O) groups excluding carboxylic acids is 2. The van der Waals surface area contributed by atoms with E-state index < -0.39 is 17.4 Å². The van der Waals surface area contributed by atoms with Crippen LogP contribution < -0.4 is 5.32 Å². The zero-order chi connectivity index (χ0) is 30.9. The largest absolute Gasteiger partial charge is 0.478 e. The van der Waals surface area contributed by atoms with Gasteiger partial charge in [-0.25, -0.2) is 9.18 Å². The molecule has 5 rings (SSSR count). The van der Waals surface area contributed by atoms with Crippen LogP contribution in [0.25, 0.3) is 11.3 Å². The molecule has 2 heterocycles. The van der Waals surface area contributed by atoms with Gasteiger partial charge in [0.25, 0.3) is 11.8 Å². The summed E-state index contributed by atoms with van der Waals surface area (Å²) in [6.45, 7) is 8.85. The predicted octanol–water partition coefficient (Wildman–Crippen LogP) is 6.72. The number of anilines is 1. The van der Waals surface area contributed by atoms with Crippen molar-refractivity contribution >= 4 is 23.5 Å². The average Bonchev–Trinajstić information content (AvgIpc) is 3.44. The van der Waals surface area contributed by atoms with Crippen LogP contribution in [0.5, 0.6) is 0 Å². The van der Waals surface area contributed by atoms with Gasteiger partial charge in [0.2, 0.25) is 0 Å². The molecule has 9 heteroatoms. The molecule has 0 saturated carbocycles. The Morgan fingerprint density at radius 2 is 1.60 bits per heavy atom. The number of benzene rings is 3. The number of hydrogen-bond acceptors (Lipinski definition) is 4. The van der Waals surface area contributed by atoms with E-state index >= 15 is 0 Å². The third kappa shape index (κ3) is 6.21. The Bertz CT molecular complexity index is 1660. The van der Waals surface area contributed by atoms with Crippen molar-refractivity contribution in [3.63, 3.8) is 0 Å². The van der Waals surface area contributed by atoms with Gasteiger partial charge in [-0.15, -0.1) is 0 Å². The van der Waals surface area contributed by atoms with Crippen molar-refractivity contribution < 1.29 is 23.9 Å². The number of nitrogens with one attached hydrogen (secondary N) is 1. The first-order valence-corrected chi connectivity index (χ1v) is 14.3. The van der Waals surface area contributed by atoms with Gasteiger partial charge < -0.3 is 15.3 Å². The molecule has 0 aliphatic carbocycles. The van der Waals surface area contributed by atoms with Crippen molar-refractivity contribution in [1.29, 1.82) is 0 Å². The van der Waals surface area contributed by atoms with Gasteiger partial charge in [-0.2, -0.15) is 5.10 Å². The second-order valence-corrected chi connectivity index (χ2v) is 11.9. The van der Waals surface area contributed by atoms with Gasteiger partial charge in [0.1, 0.15) is 5.82 Å². The normalized spacial score (nSPS) is 14.0. The number of aromatic nitrogens is 2. The molecule has 222 valence electrons. The Morgan fingerprint density at radius 1 is 0.953 bits per heavy atom. The maximum absolute atomic E-state index is 13.8. The molecule has 0 radical (unpaired) electrons. The number of aryl methyl sites for hydroxylation is 1. The Balaban J connectivity index is 1.37. The molecule has 4 aromatic rings. The second-order valence-electron chi connectivity index (χ2n) is 11.9. The van der Waals surface area contributed by atoms with Crippen molar-refractivity contribution in [3.05, 3.63) is 107 Å². The van der Waals surface area contributed by atoms with Crippen LogP contribution >= 0.6 is 0 Å². The van der Waals surface area contributed by atoms with Crippen LogP contribution in [0.1, 0.15) is 81.7 Å². The number of halogens is 1. The van der Waals surface area contributed by atoms with Crippen LogP contribution in [0.3, 0.4) is 0 Å². The molecular weight excluding hydrogens is 547 g/mol. The number of hydrogen-bond donors (Lipinski definition) is 2. The number of carboxylic acids is 1. The lowest BCUT2D eigenvalue weighted by atomic mass is 9.88. The lowest BCUT2D eigenvalue weighted by molar-refractivity contribution is 0.0691. The van der Waals surface area contributed by atoms with Gasteiger partial charge >= 0.3 is 5.97 Å². The number of amides is 2. The molecule has 2 N–H and O–H groups in total. The summed E-state index contributed by atoms with van der Waals surface area (Å²) in [5.74, 6) is -1.68. The molecule has 8 nitrogen and oxygen atoms in total. The molecule has 1 aromatic heterocycles. The highest BCUT2D eigenvalue weighted by atomic mass is 19.1. The highest BCUT2D eigenvalue weighted by molar-refractivity contribution is 6.11. The molecule has 0 spiro atoms. The summed E-state index contributed by atoms with van der Waals surface area (Å²) in [5, 5.41) is 16.6. The molecule has 0 bridgehead atoms. The summed E-state index contributed by atoms with van der Waals surface area (Å²) in [6.07, 6.45) is 3.00. The van der Waals surface area contributed by atoms with Crippen molar-refractivity contribution in [2.45, 2.75) is 52.0 Å². The van der Waals surface area contributed by atoms with Crippen LogP contribution in [-0.4, -0.2) is 50.7 Å². The lowest BCUT2D eigenvalue weighted by Gasteiger charge is -2.33. The van der Waals surface area contributed by atoms with Crippen LogP contribution in [0, 0.1) is 12.7 Å². The Labute approximate surface area is 250 Å². The molecule has 3 aromatic carbocycles. The van der Waals surface area contributed by atoms with E-state index in [0.29, 0.717) is 41.2 Å². The van der Waals surface area contributed by atoms with Crippen molar-refractivity contribution in [1.82, 2.24) is 14.7 Å². The Kier molecular flexibility index (Phi) is 8.17. The van der Waals surface area contributed by atoms with E-state index in [2.05, 4.69) is 10.4 Å². The number of piperidine rings is 1. The SMILES string of the molecule is Cc1cccc(NC(=O)c2cnn(C(C)(C)C)c2-c2ccc(F)cc2)c1C(=O)N1CCC(c2ccc(C(=O)O)cc2)CC1. The topological polar surface area (TPSA) is 105 Å². The summed E-state index contributed by atoms with van der Waals surface area (Å²) in [7, 11) is 0. The maximum Gasteiger partial charge on any atom is 0.335 e. The highest BCUT2D eigenvalue weighted by Crippen LogP contribution is 2.33. The summed E-state index contributed by atoms with van der Waals surface area (Å²) in [4.78, 5) is 40.6. The van der Waals surface area contributed by atoms with Crippen LogP contribution in [0.15, 0.2) is 72.9 Å². The number of aromatic carboxylic acids is 1. The van der Waals surface area contributed by atoms with Gasteiger partial charge in [-0.3, -0.25) is 14.3 Å². The number of carboxylic acid groups (broad SMARTS) is 1. The van der Waals surface area contributed by atoms with Gasteiger partial charge in [0, 0.05) is 18.7 Å². The molecule has 43 heavy (non-hydrogen) atoms. The molecule has 1 aliphatic heterocycles.